The van der Waals surface area contributed by atoms with Crippen LogP contribution in [-0.2, 0) is 13.1 Å². The molecule has 0 radical (unpaired) electrons. The number of phenols is 1. The van der Waals surface area contributed by atoms with Gasteiger partial charge in [0.1, 0.15) is 0 Å². The van der Waals surface area contributed by atoms with E-state index in [2.05, 4.69) is 16.0 Å². The van der Waals surface area contributed by atoms with Crippen molar-refractivity contribution in [3.63, 3.8) is 0 Å². The van der Waals surface area contributed by atoms with Crippen molar-refractivity contribution in [3.05, 3.63) is 112 Å². The summed E-state index contributed by atoms with van der Waals surface area (Å²) in [6.07, 6.45) is 0. The fraction of sp³-hybridized carbons (Fsp3) is 0.0741. The van der Waals surface area contributed by atoms with Crippen LogP contribution in [0.25, 0.3) is 0 Å². The number of anilines is 2. The maximum atomic E-state index is 12.4. The van der Waals surface area contributed by atoms with Crippen LogP contribution in [0.5, 0.6) is 5.75 Å². The van der Waals surface area contributed by atoms with Crippen LogP contribution in [0.3, 0.4) is 0 Å². The zero-order chi connectivity index (χ0) is 24.6. The maximum absolute atomic E-state index is 12.4. The van der Waals surface area contributed by atoms with E-state index in [0.717, 1.165) is 20.9 Å². The molecule has 2 amide bonds. The molecule has 0 aromatic heterocycles. The molecule has 5 nitrogen and oxygen atoms in total. The predicted octanol–water partition coefficient (Wildman–Crippen LogP) is 7.78. The van der Waals surface area contributed by atoms with E-state index in [-0.39, 0.29) is 16.8 Å². The van der Waals surface area contributed by atoms with Gasteiger partial charge >= 0.3 is 6.03 Å². The lowest BCUT2D eigenvalue weighted by molar-refractivity contribution is 0.251. The van der Waals surface area contributed by atoms with Gasteiger partial charge in [0, 0.05) is 33.6 Å². The van der Waals surface area contributed by atoms with Crippen LogP contribution in [0.1, 0.15) is 11.1 Å². The molecule has 4 N–H and O–H groups in total. The SMILES string of the molecule is O=C(NCc1ccccc1)Nc1cc(Cl)c(O)c(NCc2ccccc2Sc2ccc(Cl)cc2)c1. The van der Waals surface area contributed by atoms with Gasteiger partial charge in [-0.15, -0.1) is 0 Å². The lowest BCUT2D eigenvalue weighted by atomic mass is 10.2. The number of nitrogens with one attached hydrogen (secondary N) is 3. The van der Waals surface area contributed by atoms with Crippen LogP contribution in [0.4, 0.5) is 16.2 Å². The minimum absolute atomic E-state index is 0.0789. The minimum atomic E-state index is -0.369. The molecule has 0 aliphatic carbocycles. The molecule has 0 bridgehead atoms. The number of aromatic hydroxyl groups is 1. The maximum Gasteiger partial charge on any atom is 0.319 e. The number of halogens is 2. The van der Waals surface area contributed by atoms with E-state index in [4.69, 9.17) is 23.2 Å². The molecule has 0 aliphatic rings. The summed E-state index contributed by atoms with van der Waals surface area (Å²) >= 11 is 13.9. The Morgan fingerprint density at radius 3 is 2.34 bits per heavy atom. The van der Waals surface area contributed by atoms with Crippen molar-refractivity contribution in [2.24, 2.45) is 0 Å². The van der Waals surface area contributed by atoms with Crippen molar-refractivity contribution in [1.29, 1.82) is 0 Å². The third-order valence-corrected chi connectivity index (χ3v) is 6.77. The molecule has 4 aromatic rings. The Morgan fingerprint density at radius 2 is 1.57 bits per heavy atom. The molecule has 0 aliphatic heterocycles. The largest absolute Gasteiger partial charge is 0.504 e. The summed E-state index contributed by atoms with van der Waals surface area (Å²) in [5, 5.41) is 20.1. The molecule has 4 rings (SSSR count). The molecule has 0 saturated heterocycles. The highest BCUT2D eigenvalue weighted by Crippen LogP contribution is 2.36. The summed E-state index contributed by atoms with van der Waals surface area (Å²) in [7, 11) is 0. The summed E-state index contributed by atoms with van der Waals surface area (Å²) in [5.74, 6) is -0.0789. The quantitative estimate of drug-likeness (QED) is 0.140. The fourth-order valence-electron chi connectivity index (χ4n) is 3.33. The molecular formula is C27H23Cl2N3O2S. The molecule has 8 heteroatoms. The molecule has 178 valence electrons. The highest BCUT2D eigenvalue weighted by Gasteiger charge is 2.12. The summed E-state index contributed by atoms with van der Waals surface area (Å²) < 4.78 is 0. The lowest BCUT2D eigenvalue weighted by Crippen LogP contribution is -2.28. The number of phenolic OH excluding ortho intramolecular Hbond substituents is 1. The van der Waals surface area contributed by atoms with E-state index >= 15 is 0 Å². The first-order valence-electron chi connectivity index (χ1n) is 10.8. The minimum Gasteiger partial charge on any atom is -0.504 e. The summed E-state index contributed by atoms with van der Waals surface area (Å²) in [4.78, 5) is 14.5. The molecule has 0 fully saturated rings. The number of carbonyl (C=O) groups excluding carboxylic acids is 1. The Labute approximate surface area is 218 Å². The third-order valence-electron chi connectivity index (χ3n) is 5.10. The number of hydrogen-bond acceptors (Lipinski definition) is 4. The molecule has 0 atom stereocenters. The van der Waals surface area contributed by atoms with E-state index in [1.807, 2.05) is 78.9 Å². The number of hydrogen-bond donors (Lipinski definition) is 4. The average Bonchev–Trinajstić information content (AvgIpc) is 2.87. The van der Waals surface area contributed by atoms with Gasteiger partial charge in [0.2, 0.25) is 0 Å². The normalized spacial score (nSPS) is 10.6. The summed E-state index contributed by atoms with van der Waals surface area (Å²) in [5.41, 5.74) is 2.91. The molecule has 4 aromatic carbocycles. The van der Waals surface area contributed by atoms with Crippen LogP contribution in [-0.4, -0.2) is 11.1 Å². The van der Waals surface area contributed by atoms with Gasteiger partial charge in [-0.25, -0.2) is 4.79 Å². The van der Waals surface area contributed by atoms with E-state index in [9.17, 15) is 9.90 Å². The molecular weight excluding hydrogens is 501 g/mol. The Kier molecular flexibility index (Phi) is 8.42. The predicted molar refractivity (Wildman–Crippen MR) is 145 cm³/mol. The second kappa shape index (κ2) is 11.9. The number of benzene rings is 4. The first-order valence-corrected chi connectivity index (χ1v) is 12.4. The number of carbonyl (C=O) groups is 1. The van der Waals surface area contributed by atoms with Gasteiger partial charge in [-0.3, -0.25) is 0 Å². The van der Waals surface area contributed by atoms with Crippen molar-refractivity contribution < 1.29 is 9.90 Å². The monoisotopic (exact) mass is 523 g/mol. The standard InChI is InChI=1S/C27H23Cl2N3O2S/c28-20-10-12-22(13-11-20)35-25-9-5-4-8-19(25)17-30-24-15-21(14-23(29)26(24)33)32-27(34)31-16-18-6-2-1-3-7-18/h1-15,30,33H,16-17H2,(H2,31,32,34). The number of urea groups is 1. The Hall–Kier alpha value is -3.32. The zero-order valence-electron chi connectivity index (χ0n) is 18.6. The van der Waals surface area contributed by atoms with Crippen LogP contribution >= 0.6 is 35.0 Å². The Bertz CT molecular complexity index is 1300. The first kappa shape index (κ1) is 24.8. The van der Waals surface area contributed by atoms with E-state index < -0.39 is 0 Å². The topological polar surface area (TPSA) is 73.4 Å². The molecule has 0 unspecified atom stereocenters. The second-order valence-corrected chi connectivity index (χ2v) is 9.62. The van der Waals surface area contributed by atoms with E-state index in [1.165, 1.54) is 6.07 Å². The zero-order valence-corrected chi connectivity index (χ0v) is 20.9. The van der Waals surface area contributed by atoms with Crippen LogP contribution in [0.2, 0.25) is 10.0 Å². The van der Waals surface area contributed by atoms with Crippen molar-refractivity contribution in [1.82, 2.24) is 5.32 Å². The highest BCUT2D eigenvalue weighted by atomic mass is 35.5. The number of amides is 2. The van der Waals surface area contributed by atoms with Gasteiger partial charge in [-0.2, -0.15) is 0 Å². The fourth-order valence-corrected chi connectivity index (χ4v) is 4.62. The molecule has 35 heavy (non-hydrogen) atoms. The van der Waals surface area contributed by atoms with Gasteiger partial charge in [0.15, 0.2) is 5.75 Å². The molecule has 0 heterocycles. The van der Waals surface area contributed by atoms with Crippen LogP contribution < -0.4 is 16.0 Å². The first-order chi connectivity index (χ1) is 17.0. The van der Waals surface area contributed by atoms with E-state index in [1.54, 1.807) is 17.8 Å². The Balaban J connectivity index is 1.42. The summed E-state index contributed by atoms with van der Waals surface area (Å²) in [6.45, 7) is 0.843. The second-order valence-electron chi connectivity index (χ2n) is 7.66. The molecule has 0 spiro atoms. The van der Waals surface area contributed by atoms with Gasteiger partial charge in [0.25, 0.3) is 0 Å². The van der Waals surface area contributed by atoms with Crippen LogP contribution in [0, 0.1) is 0 Å². The smallest absolute Gasteiger partial charge is 0.319 e. The third kappa shape index (κ3) is 7.09. The summed E-state index contributed by atoms with van der Waals surface area (Å²) in [6, 6.07) is 28.1. The highest BCUT2D eigenvalue weighted by molar-refractivity contribution is 7.99. The van der Waals surface area contributed by atoms with Gasteiger partial charge in [-0.1, -0.05) is 83.5 Å². The van der Waals surface area contributed by atoms with Crippen LogP contribution in [0.15, 0.2) is 101 Å². The Morgan fingerprint density at radius 1 is 0.857 bits per heavy atom. The molecule has 0 saturated carbocycles. The lowest BCUT2D eigenvalue weighted by Gasteiger charge is -2.15. The van der Waals surface area contributed by atoms with E-state index in [0.29, 0.717) is 29.5 Å². The van der Waals surface area contributed by atoms with Gasteiger partial charge < -0.3 is 21.1 Å². The van der Waals surface area contributed by atoms with Crippen molar-refractivity contribution in [2.75, 3.05) is 10.6 Å². The van der Waals surface area contributed by atoms with Gasteiger partial charge in [0.05, 0.1) is 10.7 Å². The average molecular weight is 524 g/mol. The number of rotatable bonds is 8. The van der Waals surface area contributed by atoms with Crippen molar-refractivity contribution in [2.45, 2.75) is 22.9 Å². The van der Waals surface area contributed by atoms with Gasteiger partial charge in [-0.05, 0) is 53.6 Å². The van der Waals surface area contributed by atoms with Crippen molar-refractivity contribution in [3.8, 4) is 5.75 Å². The van der Waals surface area contributed by atoms with Crippen molar-refractivity contribution >= 4 is 52.4 Å².